The Morgan fingerprint density at radius 3 is 2.40 bits per heavy atom. The molecular weight excluding hydrogens is 335 g/mol. The molecule has 1 heterocycles. The molecule has 3 N–H and O–H groups in total. The molecule has 0 saturated heterocycles. The summed E-state index contributed by atoms with van der Waals surface area (Å²) < 4.78 is 13.0. The zero-order valence-electron chi connectivity index (χ0n) is 13.9. The first-order chi connectivity index (χ1) is 12.1. The van der Waals surface area contributed by atoms with Crippen LogP contribution in [0.1, 0.15) is 23.4 Å². The van der Waals surface area contributed by atoms with Gasteiger partial charge in [-0.05, 0) is 42.6 Å². The fourth-order valence-electron chi connectivity index (χ4n) is 2.66. The third-order valence-electron chi connectivity index (χ3n) is 4.01. The molecule has 3 rings (SSSR count). The molecular formula is C20H20FN2OS+. The molecule has 25 heavy (non-hydrogen) atoms. The number of anilines is 1. The molecule has 128 valence electrons. The summed E-state index contributed by atoms with van der Waals surface area (Å²) in [7, 11) is 0. The normalized spacial score (nSPS) is 13.2. The summed E-state index contributed by atoms with van der Waals surface area (Å²) in [5.41, 5.74) is 1.76. The topological polar surface area (TPSA) is 45.7 Å². The number of nitrogens with one attached hydrogen (secondary N) is 1. The first kappa shape index (κ1) is 17.3. The number of amides is 1. The molecule has 0 aliphatic rings. The second-order valence-corrected chi connectivity index (χ2v) is 6.86. The summed E-state index contributed by atoms with van der Waals surface area (Å²) in [6.45, 7) is 1.88. The van der Waals surface area contributed by atoms with E-state index in [1.807, 2.05) is 36.6 Å². The Morgan fingerprint density at radius 1 is 1.04 bits per heavy atom. The maximum absolute atomic E-state index is 13.0. The number of halogens is 1. The molecule has 1 amide bonds. The number of hydrogen-bond acceptors (Lipinski definition) is 2. The third-order valence-corrected chi connectivity index (χ3v) is 4.97. The molecule has 2 atom stereocenters. The Morgan fingerprint density at radius 2 is 1.76 bits per heavy atom. The van der Waals surface area contributed by atoms with Crippen molar-refractivity contribution >= 4 is 22.9 Å². The van der Waals surface area contributed by atoms with Crippen LogP contribution >= 0.6 is 11.3 Å². The van der Waals surface area contributed by atoms with E-state index in [4.69, 9.17) is 0 Å². The van der Waals surface area contributed by atoms with Crippen molar-refractivity contribution in [2.45, 2.75) is 19.0 Å². The van der Waals surface area contributed by atoms with Gasteiger partial charge in [-0.1, -0.05) is 36.4 Å². The van der Waals surface area contributed by atoms with Gasteiger partial charge in [-0.3, -0.25) is 4.79 Å². The Hall–Kier alpha value is -2.50. The zero-order valence-corrected chi connectivity index (χ0v) is 14.7. The van der Waals surface area contributed by atoms with E-state index < -0.39 is 0 Å². The predicted octanol–water partition coefficient (Wildman–Crippen LogP) is 3.57. The van der Waals surface area contributed by atoms with Crippen molar-refractivity contribution in [2.75, 3.05) is 5.32 Å². The van der Waals surface area contributed by atoms with Crippen molar-refractivity contribution in [3.63, 3.8) is 0 Å². The largest absolute Gasteiger partial charge is 0.326 e. The van der Waals surface area contributed by atoms with Gasteiger partial charge in [0.1, 0.15) is 11.9 Å². The number of thiophene rings is 1. The molecule has 3 nitrogen and oxygen atoms in total. The number of benzene rings is 2. The Bertz CT molecular complexity index is 803. The van der Waals surface area contributed by atoms with Crippen LogP contribution in [0.2, 0.25) is 0 Å². The molecule has 3 aromatic rings. The number of rotatable bonds is 6. The minimum atomic E-state index is -0.320. The first-order valence-electron chi connectivity index (χ1n) is 8.13. The summed E-state index contributed by atoms with van der Waals surface area (Å²) >= 11 is 1.68. The fraction of sp³-hybridized carbons (Fsp3) is 0.150. The lowest BCUT2D eigenvalue weighted by molar-refractivity contribution is -0.703. The van der Waals surface area contributed by atoms with Crippen molar-refractivity contribution in [1.29, 1.82) is 0 Å². The molecule has 5 heteroatoms. The monoisotopic (exact) mass is 355 g/mol. The molecule has 0 spiro atoms. The molecule has 0 aliphatic heterocycles. The average Bonchev–Trinajstić information content (AvgIpc) is 3.16. The maximum Gasteiger partial charge on any atom is 0.282 e. The van der Waals surface area contributed by atoms with Gasteiger partial charge in [-0.15, -0.1) is 11.3 Å². The predicted molar refractivity (Wildman–Crippen MR) is 99.0 cm³/mol. The second kappa shape index (κ2) is 8.05. The molecule has 0 fully saturated rings. The molecule has 1 aromatic heterocycles. The van der Waals surface area contributed by atoms with E-state index in [-0.39, 0.29) is 23.8 Å². The Labute approximate surface area is 150 Å². The van der Waals surface area contributed by atoms with E-state index in [1.54, 1.807) is 23.5 Å². The second-order valence-electron chi connectivity index (χ2n) is 5.88. The van der Waals surface area contributed by atoms with E-state index in [9.17, 15) is 9.18 Å². The van der Waals surface area contributed by atoms with Crippen LogP contribution < -0.4 is 10.6 Å². The number of nitrogens with two attached hydrogens (primary N) is 1. The van der Waals surface area contributed by atoms with Gasteiger partial charge in [0.05, 0.1) is 4.88 Å². The van der Waals surface area contributed by atoms with Crippen LogP contribution in [-0.2, 0) is 4.79 Å². The smallest absolute Gasteiger partial charge is 0.282 e. The molecule has 0 aliphatic carbocycles. The highest BCUT2D eigenvalue weighted by Gasteiger charge is 2.25. The lowest BCUT2D eigenvalue weighted by atomic mass is 10.0. The quantitative estimate of drug-likeness (QED) is 0.698. The zero-order chi connectivity index (χ0) is 17.6. The highest BCUT2D eigenvalue weighted by atomic mass is 32.1. The van der Waals surface area contributed by atoms with Crippen molar-refractivity contribution in [2.24, 2.45) is 0 Å². The van der Waals surface area contributed by atoms with Gasteiger partial charge < -0.3 is 10.6 Å². The van der Waals surface area contributed by atoms with E-state index in [0.29, 0.717) is 5.69 Å². The summed E-state index contributed by atoms with van der Waals surface area (Å²) in [5, 5.41) is 6.94. The number of quaternary nitrogens is 1. The average molecular weight is 355 g/mol. The van der Waals surface area contributed by atoms with E-state index in [1.165, 1.54) is 17.0 Å². The number of carbonyl (C=O) groups is 1. The van der Waals surface area contributed by atoms with E-state index >= 15 is 0 Å². The van der Waals surface area contributed by atoms with Crippen LogP contribution in [0.25, 0.3) is 0 Å². The van der Waals surface area contributed by atoms with Gasteiger partial charge in [0.25, 0.3) is 5.91 Å². The minimum absolute atomic E-state index is 0.0650. The minimum Gasteiger partial charge on any atom is -0.326 e. The van der Waals surface area contributed by atoms with Crippen molar-refractivity contribution < 1.29 is 14.5 Å². The van der Waals surface area contributed by atoms with Gasteiger partial charge in [-0.2, -0.15) is 0 Å². The fourth-order valence-corrected chi connectivity index (χ4v) is 3.50. The highest BCUT2D eigenvalue weighted by Crippen LogP contribution is 2.22. The molecule has 0 bridgehead atoms. The summed E-state index contributed by atoms with van der Waals surface area (Å²) in [6.07, 6.45) is 0. The lowest BCUT2D eigenvalue weighted by Crippen LogP contribution is -2.92. The van der Waals surface area contributed by atoms with Crippen molar-refractivity contribution in [3.8, 4) is 0 Å². The summed E-state index contributed by atoms with van der Waals surface area (Å²) in [6, 6.07) is 19.8. The van der Waals surface area contributed by atoms with Gasteiger partial charge >= 0.3 is 0 Å². The number of hydrogen-bond donors (Lipinski definition) is 2. The Kier molecular flexibility index (Phi) is 5.58. The van der Waals surface area contributed by atoms with Gasteiger partial charge in [0.15, 0.2) is 6.04 Å². The van der Waals surface area contributed by atoms with Gasteiger partial charge in [0.2, 0.25) is 0 Å². The van der Waals surface area contributed by atoms with E-state index in [2.05, 4.69) is 28.8 Å². The van der Waals surface area contributed by atoms with Crippen LogP contribution in [0.4, 0.5) is 10.1 Å². The van der Waals surface area contributed by atoms with Crippen LogP contribution in [-0.4, -0.2) is 11.9 Å². The summed E-state index contributed by atoms with van der Waals surface area (Å²) in [4.78, 5) is 13.7. The van der Waals surface area contributed by atoms with E-state index in [0.717, 1.165) is 5.56 Å². The Balaban J connectivity index is 1.72. The molecule has 0 unspecified atom stereocenters. The lowest BCUT2D eigenvalue weighted by Gasteiger charge is -2.19. The molecule has 0 radical (unpaired) electrons. The first-order valence-corrected chi connectivity index (χ1v) is 9.01. The molecule has 0 saturated carbocycles. The van der Waals surface area contributed by atoms with Crippen LogP contribution in [0.5, 0.6) is 0 Å². The number of carbonyl (C=O) groups excluding carboxylic acids is 1. The van der Waals surface area contributed by atoms with Gasteiger partial charge in [-0.25, -0.2) is 4.39 Å². The van der Waals surface area contributed by atoms with Crippen LogP contribution in [0.3, 0.4) is 0 Å². The maximum atomic E-state index is 13.0. The van der Waals surface area contributed by atoms with Crippen LogP contribution in [0.15, 0.2) is 72.1 Å². The SMILES string of the molecule is C[C@@H]([NH2+][C@@H](c1ccccc1)c1cccs1)C(=O)Nc1ccc(F)cc1. The third kappa shape index (κ3) is 4.53. The highest BCUT2D eigenvalue weighted by molar-refractivity contribution is 7.10. The standard InChI is InChI=1S/C20H19FN2OS/c1-14(20(24)23-17-11-9-16(21)10-12-17)22-19(18-8-5-13-25-18)15-6-3-2-4-7-15/h2-14,19,22H,1H3,(H,23,24)/p+1/t14-,19+/m1/s1. The van der Waals surface area contributed by atoms with Crippen molar-refractivity contribution in [3.05, 3.63) is 88.4 Å². The molecule has 2 aromatic carbocycles. The van der Waals surface area contributed by atoms with Crippen LogP contribution in [0, 0.1) is 5.82 Å². The summed E-state index contributed by atoms with van der Waals surface area (Å²) in [5.74, 6) is -0.427. The van der Waals surface area contributed by atoms with Crippen molar-refractivity contribution in [1.82, 2.24) is 0 Å². The van der Waals surface area contributed by atoms with Gasteiger partial charge in [0, 0.05) is 11.3 Å².